The van der Waals surface area contributed by atoms with Crippen molar-refractivity contribution in [1.29, 1.82) is 0 Å². The number of amides is 2. The number of carboxylic acid groups (broad SMARTS) is 1. The number of carbonyl (C=O) groups is 3. The first-order chi connectivity index (χ1) is 13.8. The van der Waals surface area contributed by atoms with Crippen molar-refractivity contribution in [2.24, 2.45) is 0 Å². The highest BCUT2D eigenvalue weighted by atomic mass is 32.2. The monoisotopic (exact) mass is 471 g/mol. The van der Waals surface area contributed by atoms with Crippen molar-refractivity contribution in [2.45, 2.75) is 29.1 Å². The number of fused-ring (bicyclic) bond motifs is 1. The number of β-lactam (4-membered cyclic amide) rings is 1. The average molecular weight is 472 g/mol. The molecule has 1 saturated heterocycles. The number of nitrogens with two attached hydrogens (primary N) is 1. The van der Waals surface area contributed by atoms with E-state index in [1.807, 2.05) is 6.92 Å². The molecule has 152 valence electrons. The first-order valence-electron chi connectivity index (χ1n) is 8.10. The Morgan fingerprint density at radius 3 is 2.83 bits per heavy atom. The van der Waals surface area contributed by atoms with Crippen LogP contribution in [0.2, 0.25) is 0 Å². The molecular weight excluding hydrogens is 458 g/mol. The van der Waals surface area contributed by atoms with Gasteiger partial charge in [-0.15, -0.1) is 22.0 Å². The van der Waals surface area contributed by atoms with E-state index < -0.39 is 29.2 Å². The molecule has 0 aromatic carbocycles. The first kappa shape index (κ1) is 20.1. The Morgan fingerprint density at radius 1 is 1.41 bits per heavy atom. The van der Waals surface area contributed by atoms with Gasteiger partial charge in [-0.25, -0.2) is 9.78 Å². The number of nitrogens with one attached hydrogen (secondary N) is 1. The average Bonchev–Trinajstić information content (AvgIpc) is 3.26. The summed E-state index contributed by atoms with van der Waals surface area (Å²) in [5.41, 5.74) is 5.42. The molecule has 4 rings (SSSR count). The number of aliphatic carboxylic acids is 1. The Morgan fingerprint density at radius 2 is 2.21 bits per heavy atom. The summed E-state index contributed by atoms with van der Waals surface area (Å²) in [6.45, 7) is 1.81. The number of rotatable bonds is 6. The summed E-state index contributed by atoms with van der Waals surface area (Å²) in [5, 5.41) is 20.8. The second-order valence-corrected chi connectivity index (χ2v) is 10.4. The van der Waals surface area contributed by atoms with E-state index in [4.69, 9.17) is 5.73 Å². The second-order valence-electron chi connectivity index (χ2n) is 5.95. The van der Waals surface area contributed by atoms with E-state index in [0.29, 0.717) is 15.0 Å². The maximum Gasteiger partial charge on any atom is 0.353 e. The number of aryl methyl sites for hydroxylation is 1. The number of hydrogen-bond acceptors (Lipinski definition) is 12. The summed E-state index contributed by atoms with van der Waals surface area (Å²) in [6.07, 6.45) is -0.103. The molecule has 2 atom stereocenters. The van der Waals surface area contributed by atoms with Crippen LogP contribution in [0.25, 0.3) is 0 Å². The fraction of sp³-hybridized carbons (Fsp3) is 0.357. The van der Waals surface area contributed by atoms with E-state index in [9.17, 15) is 19.5 Å². The lowest BCUT2D eigenvalue weighted by atomic mass is 10.0. The summed E-state index contributed by atoms with van der Waals surface area (Å²) < 4.78 is 4.55. The molecule has 11 nitrogen and oxygen atoms in total. The van der Waals surface area contributed by atoms with Gasteiger partial charge in [0.15, 0.2) is 15.3 Å². The number of aromatic nitrogens is 4. The minimum absolute atomic E-state index is 0.0731. The van der Waals surface area contributed by atoms with E-state index in [1.165, 1.54) is 39.8 Å². The number of carboxylic acids is 1. The number of anilines is 1. The third kappa shape index (κ3) is 3.94. The van der Waals surface area contributed by atoms with Crippen LogP contribution in [-0.2, 0) is 20.8 Å². The van der Waals surface area contributed by atoms with Crippen molar-refractivity contribution in [2.75, 3.05) is 11.5 Å². The SMILES string of the molecule is Cc1nnc(SC2=C(C(=O)O)N3C(=O)[C@@H](NC(=O)Cc4nsc(N)n4)[C@H]3SC2)s1. The van der Waals surface area contributed by atoms with Crippen molar-refractivity contribution >= 4 is 69.3 Å². The maximum atomic E-state index is 12.6. The molecule has 4 heterocycles. The van der Waals surface area contributed by atoms with Gasteiger partial charge in [0.25, 0.3) is 5.91 Å². The van der Waals surface area contributed by atoms with Gasteiger partial charge in [0, 0.05) is 22.2 Å². The fourth-order valence-corrected chi connectivity index (χ4v) is 6.71. The van der Waals surface area contributed by atoms with E-state index in [1.54, 1.807) is 0 Å². The molecule has 15 heteroatoms. The molecule has 0 bridgehead atoms. The molecule has 0 saturated carbocycles. The standard InChI is InChI=1S/C14H13N7O4S4/c1-4-18-19-14(27-4)28-5-3-26-11-8(10(23)21(11)9(5)12(24)25)17-7(22)2-6-16-13(15)29-20-6/h8,11H,2-3H2,1H3,(H,17,22)(H,24,25)(H2,15,16,20)/t8-,11-/m1/s1. The van der Waals surface area contributed by atoms with E-state index in [0.717, 1.165) is 16.5 Å². The molecule has 2 aliphatic rings. The summed E-state index contributed by atoms with van der Waals surface area (Å²) >= 11 is 4.92. The van der Waals surface area contributed by atoms with Crippen LogP contribution in [0.15, 0.2) is 14.9 Å². The summed E-state index contributed by atoms with van der Waals surface area (Å²) in [7, 11) is 0. The number of hydrogen-bond donors (Lipinski definition) is 3. The molecule has 4 N–H and O–H groups in total. The molecule has 1 fully saturated rings. The molecule has 29 heavy (non-hydrogen) atoms. The molecule has 0 aliphatic carbocycles. The number of nitrogens with zero attached hydrogens (tertiary/aromatic N) is 5. The van der Waals surface area contributed by atoms with Gasteiger partial charge < -0.3 is 16.2 Å². The molecule has 2 aliphatic heterocycles. The van der Waals surface area contributed by atoms with Crippen molar-refractivity contribution in [3.8, 4) is 0 Å². The Bertz CT molecular complexity index is 1030. The third-order valence-electron chi connectivity index (χ3n) is 3.97. The first-order valence-corrected chi connectivity index (χ1v) is 11.6. The van der Waals surface area contributed by atoms with Gasteiger partial charge in [-0.1, -0.05) is 23.1 Å². The quantitative estimate of drug-likeness (QED) is 0.497. The smallest absolute Gasteiger partial charge is 0.353 e. The molecule has 2 aromatic heterocycles. The summed E-state index contributed by atoms with van der Waals surface area (Å²) in [5.74, 6) is -1.42. The van der Waals surface area contributed by atoms with Gasteiger partial charge in [-0.2, -0.15) is 4.37 Å². The van der Waals surface area contributed by atoms with Gasteiger partial charge in [0.2, 0.25) is 5.91 Å². The van der Waals surface area contributed by atoms with Gasteiger partial charge in [0.1, 0.15) is 22.1 Å². The van der Waals surface area contributed by atoms with Gasteiger partial charge in [0.05, 0.1) is 6.42 Å². The minimum atomic E-state index is -1.20. The fourth-order valence-electron chi connectivity index (χ4n) is 2.80. The molecule has 2 aromatic rings. The predicted molar refractivity (Wildman–Crippen MR) is 108 cm³/mol. The van der Waals surface area contributed by atoms with Crippen LogP contribution < -0.4 is 11.1 Å². The van der Waals surface area contributed by atoms with Gasteiger partial charge in [-0.3, -0.25) is 14.5 Å². The highest BCUT2D eigenvalue weighted by Crippen LogP contribution is 2.45. The minimum Gasteiger partial charge on any atom is -0.477 e. The van der Waals surface area contributed by atoms with Crippen LogP contribution in [-0.4, -0.2) is 64.5 Å². The number of nitrogen functional groups attached to an aromatic ring is 1. The van der Waals surface area contributed by atoms with Gasteiger partial charge >= 0.3 is 5.97 Å². The zero-order valence-electron chi connectivity index (χ0n) is 14.7. The van der Waals surface area contributed by atoms with E-state index in [-0.39, 0.29) is 23.1 Å². The van der Waals surface area contributed by atoms with Crippen LogP contribution in [0.4, 0.5) is 5.13 Å². The zero-order chi connectivity index (χ0) is 20.7. The molecule has 0 unspecified atom stereocenters. The van der Waals surface area contributed by atoms with Gasteiger partial charge in [-0.05, 0) is 6.92 Å². The summed E-state index contributed by atoms with van der Waals surface area (Å²) in [4.78, 5) is 42.3. The van der Waals surface area contributed by atoms with Crippen molar-refractivity contribution in [1.82, 2.24) is 29.8 Å². The maximum absolute atomic E-state index is 12.6. The largest absolute Gasteiger partial charge is 0.477 e. The lowest BCUT2D eigenvalue weighted by Crippen LogP contribution is -2.70. The predicted octanol–water partition coefficient (Wildman–Crippen LogP) is 0.311. The molecule has 2 amide bonds. The van der Waals surface area contributed by atoms with Crippen molar-refractivity contribution < 1.29 is 19.5 Å². The zero-order valence-corrected chi connectivity index (χ0v) is 18.0. The highest BCUT2D eigenvalue weighted by Gasteiger charge is 2.54. The van der Waals surface area contributed by atoms with Crippen molar-refractivity contribution in [3.05, 3.63) is 21.4 Å². The van der Waals surface area contributed by atoms with Crippen LogP contribution in [0.3, 0.4) is 0 Å². The van der Waals surface area contributed by atoms with Crippen molar-refractivity contribution in [3.63, 3.8) is 0 Å². The Hall–Kier alpha value is -2.23. The Kier molecular flexibility index (Phi) is 5.46. The molecular formula is C14H13N7O4S4. The third-order valence-corrected chi connectivity index (χ3v) is 7.99. The van der Waals surface area contributed by atoms with Crippen LogP contribution in [0, 0.1) is 6.92 Å². The summed E-state index contributed by atoms with van der Waals surface area (Å²) in [6, 6.07) is -0.798. The lowest BCUT2D eigenvalue weighted by molar-refractivity contribution is -0.150. The molecule has 0 spiro atoms. The number of carbonyl (C=O) groups excluding carboxylic acids is 2. The van der Waals surface area contributed by atoms with Crippen LogP contribution >= 0.6 is 46.4 Å². The normalized spacial score (nSPS) is 21.0. The highest BCUT2D eigenvalue weighted by molar-refractivity contribution is 8.07. The number of thioether (sulfide) groups is 2. The second kappa shape index (κ2) is 7.89. The van der Waals surface area contributed by atoms with Crippen LogP contribution in [0.5, 0.6) is 0 Å². The Labute approximate surface area is 180 Å². The van der Waals surface area contributed by atoms with E-state index in [2.05, 4.69) is 24.9 Å². The topological polar surface area (TPSA) is 164 Å². The molecule has 0 radical (unpaired) electrons. The lowest BCUT2D eigenvalue weighted by Gasteiger charge is -2.49. The van der Waals surface area contributed by atoms with Crippen LogP contribution in [0.1, 0.15) is 10.8 Å². The Balaban J connectivity index is 1.47. The van der Waals surface area contributed by atoms with E-state index >= 15 is 0 Å².